The number of amides is 1. The molecule has 5 saturated carbocycles. The second-order valence-electron chi connectivity index (χ2n) is 24.0. The molecule has 10 heteroatoms. The first-order chi connectivity index (χ1) is 29.5. The molecule has 1 saturated heterocycles. The largest absolute Gasteiger partial charge is 0.464 e. The number of rotatable bonds is 11. The van der Waals surface area contributed by atoms with Crippen LogP contribution < -0.4 is 10.2 Å². The Morgan fingerprint density at radius 3 is 2.17 bits per heavy atom. The molecule has 8 rings (SSSR count). The fraction of sp³-hybridized carbons (Fsp3) is 0.755. The van der Waals surface area contributed by atoms with Crippen molar-refractivity contribution in [3.63, 3.8) is 0 Å². The van der Waals surface area contributed by atoms with Crippen LogP contribution in [0.25, 0.3) is 0 Å². The van der Waals surface area contributed by atoms with Gasteiger partial charge in [0.05, 0.1) is 30.1 Å². The summed E-state index contributed by atoms with van der Waals surface area (Å²) < 4.78 is 17.3. The predicted molar refractivity (Wildman–Crippen MR) is 243 cm³/mol. The SMILES string of the molecule is CC(C)C1=C2[C@H]3CC[C@@H]4[C@@]5(C)CC[C@H](OC(=O)[C@H]6C[C@@H](OC=O)C6(C)C)C(C)(C)[C@@H]5CC[C@@]4(C)[C@]3(C)CC[C@@]2(NC(=O)C(C)(C)CC(=O)c2ccc(N3CCOCC3)cc2)CC1=O. The van der Waals surface area contributed by atoms with Crippen LogP contribution in [0, 0.1) is 62.1 Å². The lowest BCUT2D eigenvalue weighted by molar-refractivity contribution is -0.236. The van der Waals surface area contributed by atoms with Gasteiger partial charge < -0.3 is 24.4 Å². The van der Waals surface area contributed by atoms with Gasteiger partial charge in [0.2, 0.25) is 5.91 Å². The highest BCUT2D eigenvalue weighted by molar-refractivity contribution is 6.03. The monoisotopic (exact) mass is 869 g/mol. The fourth-order valence-corrected chi connectivity index (χ4v) is 15.4. The van der Waals surface area contributed by atoms with Crippen LogP contribution in [0.1, 0.15) is 157 Å². The highest BCUT2D eigenvalue weighted by Gasteiger charge is 2.71. The van der Waals surface area contributed by atoms with Gasteiger partial charge in [-0.2, -0.15) is 0 Å². The van der Waals surface area contributed by atoms with Gasteiger partial charge in [-0.15, -0.1) is 0 Å². The van der Waals surface area contributed by atoms with Crippen LogP contribution >= 0.6 is 0 Å². The molecular formula is C53H76N2O8. The van der Waals surface area contributed by atoms with Crippen LogP contribution in [0.3, 0.4) is 0 Å². The molecule has 0 unspecified atom stereocenters. The molecule has 1 aliphatic heterocycles. The molecule has 1 N–H and O–H groups in total. The van der Waals surface area contributed by atoms with E-state index in [1.807, 2.05) is 52.0 Å². The van der Waals surface area contributed by atoms with Crippen molar-refractivity contribution >= 4 is 35.6 Å². The van der Waals surface area contributed by atoms with Gasteiger partial charge in [-0.1, -0.05) is 76.2 Å². The number of ketones is 2. The number of ether oxygens (including phenoxy) is 3. The number of carbonyl (C=O) groups is 5. The molecule has 1 heterocycles. The number of anilines is 1. The van der Waals surface area contributed by atoms with Crippen molar-refractivity contribution in [2.45, 2.75) is 165 Å². The smallest absolute Gasteiger partial charge is 0.310 e. The summed E-state index contributed by atoms with van der Waals surface area (Å²) in [5.74, 6) is 0.520. The molecule has 1 aromatic carbocycles. The lowest BCUT2D eigenvalue weighted by Gasteiger charge is -2.72. The van der Waals surface area contributed by atoms with Crippen LogP contribution in [0.5, 0.6) is 0 Å². The summed E-state index contributed by atoms with van der Waals surface area (Å²) in [5, 5.41) is 3.56. The van der Waals surface area contributed by atoms with Gasteiger partial charge in [0, 0.05) is 48.0 Å². The lowest BCUT2D eigenvalue weighted by atomic mass is 9.33. The number of benzene rings is 1. The maximum absolute atomic E-state index is 14.6. The van der Waals surface area contributed by atoms with E-state index in [9.17, 15) is 24.0 Å². The first-order valence-corrected chi connectivity index (χ1v) is 24.3. The Kier molecular flexibility index (Phi) is 11.6. The number of morpholine rings is 1. The highest BCUT2D eigenvalue weighted by Crippen LogP contribution is 2.76. The molecule has 1 amide bonds. The van der Waals surface area contributed by atoms with Crippen molar-refractivity contribution < 1.29 is 38.2 Å². The van der Waals surface area contributed by atoms with Crippen LogP contribution in [0.15, 0.2) is 35.4 Å². The van der Waals surface area contributed by atoms with Crippen molar-refractivity contribution in [2.75, 3.05) is 31.2 Å². The Labute approximate surface area is 376 Å². The van der Waals surface area contributed by atoms with E-state index in [1.54, 1.807) is 0 Å². The number of esters is 1. The van der Waals surface area contributed by atoms with Crippen LogP contribution in [0.4, 0.5) is 5.69 Å². The number of carbonyl (C=O) groups excluding carboxylic acids is 5. The zero-order valence-corrected chi connectivity index (χ0v) is 40.2. The number of hydrogen-bond donors (Lipinski definition) is 1. The number of allylic oxidation sites excluding steroid dienone is 1. The number of hydrogen-bond acceptors (Lipinski definition) is 9. The zero-order valence-electron chi connectivity index (χ0n) is 40.2. The summed E-state index contributed by atoms with van der Waals surface area (Å²) in [4.78, 5) is 69.8. The topological polar surface area (TPSA) is 128 Å². The third-order valence-electron chi connectivity index (χ3n) is 19.4. The standard InChI is InChI=1S/C53H76N2O8/c1-32(2)43-38(58)30-53(54-46(60)47(3,4)29-37(57)33-12-14-34(15-13-33)55-24-26-61-27-25-55)23-22-51(10)35(44(43)53)16-17-40-50(9)20-19-41(49(7,8)39(50)18-21-52(40,51)11)63-45(59)36-28-42(62-31-56)48(36,5)6/h12-15,31-32,35-36,39-42H,16-30H2,1-11H3,(H,54,60)/t35-,36-,39+,40-,41+,42-,50+,51-,52-,53-/m1/s1. The Morgan fingerprint density at radius 2 is 1.54 bits per heavy atom. The molecule has 0 spiro atoms. The molecule has 346 valence electrons. The molecule has 6 fully saturated rings. The molecule has 1 aromatic rings. The lowest BCUT2D eigenvalue weighted by Crippen LogP contribution is -2.67. The number of fused-ring (bicyclic) bond motifs is 7. The van der Waals surface area contributed by atoms with E-state index in [0.29, 0.717) is 49.9 Å². The quantitative estimate of drug-likeness (QED) is 0.131. The van der Waals surface area contributed by atoms with Gasteiger partial charge in [-0.05, 0) is 133 Å². The van der Waals surface area contributed by atoms with Gasteiger partial charge in [0.1, 0.15) is 12.2 Å². The average molecular weight is 869 g/mol. The molecule has 63 heavy (non-hydrogen) atoms. The molecule has 0 radical (unpaired) electrons. The number of Topliss-reactive ketones (excluding diaryl/α,β-unsaturated/α-hetero) is 2. The van der Waals surface area contributed by atoms with Gasteiger partial charge in [0.15, 0.2) is 11.6 Å². The van der Waals surface area contributed by atoms with Crippen molar-refractivity contribution in [3.8, 4) is 0 Å². The molecular weight excluding hydrogens is 793 g/mol. The highest BCUT2D eigenvalue weighted by atomic mass is 16.6. The van der Waals surface area contributed by atoms with Crippen molar-refractivity contribution in [2.24, 2.45) is 62.1 Å². The Hall–Kier alpha value is -3.53. The van der Waals surface area contributed by atoms with E-state index in [0.717, 1.165) is 69.3 Å². The van der Waals surface area contributed by atoms with Crippen molar-refractivity contribution in [3.05, 3.63) is 41.0 Å². The molecule has 10 atom stereocenters. The van der Waals surface area contributed by atoms with Crippen LogP contribution in [-0.4, -0.2) is 74.0 Å². The summed E-state index contributed by atoms with van der Waals surface area (Å²) in [6.07, 6.45) is 8.00. The third kappa shape index (κ3) is 7.15. The van der Waals surface area contributed by atoms with Crippen molar-refractivity contribution in [1.82, 2.24) is 5.32 Å². The van der Waals surface area contributed by atoms with Gasteiger partial charge in [-0.3, -0.25) is 24.0 Å². The minimum atomic E-state index is -0.984. The van der Waals surface area contributed by atoms with E-state index in [1.165, 1.54) is 5.57 Å². The molecule has 7 aliphatic rings. The fourth-order valence-electron chi connectivity index (χ4n) is 15.4. The second kappa shape index (κ2) is 15.8. The van der Waals surface area contributed by atoms with Crippen molar-refractivity contribution in [1.29, 1.82) is 0 Å². The number of nitrogens with zero attached hydrogens (tertiary/aromatic N) is 1. The summed E-state index contributed by atoms with van der Waals surface area (Å²) in [5.41, 5.74) is 1.35. The van der Waals surface area contributed by atoms with Gasteiger partial charge in [-0.25, -0.2) is 0 Å². The minimum absolute atomic E-state index is 0.00419. The van der Waals surface area contributed by atoms with E-state index in [4.69, 9.17) is 14.2 Å². The maximum Gasteiger partial charge on any atom is 0.310 e. The normalized spacial score (nSPS) is 38.0. The summed E-state index contributed by atoms with van der Waals surface area (Å²) in [6.45, 7) is 27.7. The summed E-state index contributed by atoms with van der Waals surface area (Å²) >= 11 is 0. The van der Waals surface area contributed by atoms with E-state index < -0.39 is 16.4 Å². The Morgan fingerprint density at radius 1 is 0.857 bits per heavy atom. The van der Waals surface area contributed by atoms with E-state index in [2.05, 4.69) is 58.7 Å². The first kappa shape index (κ1) is 46.0. The van der Waals surface area contributed by atoms with Crippen LogP contribution in [-0.2, 0) is 33.4 Å². The number of nitrogens with one attached hydrogen (secondary N) is 1. The minimum Gasteiger partial charge on any atom is -0.464 e. The van der Waals surface area contributed by atoms with Crippen LogP contribution in [0.2, 0.25) is 0 Å². The Balaban J connectivity index is 1.00. The average Bonchev–Trinajstić information content (AvgIpc) is 3.52. The van der Waals surface area contributed by atoms with Gasteiger partial charge >= 0.3 is 5.97 Å². The summed E-state index contributed by atoms with van der Waals surface area (Å²) in [6, 6.07) is 7.73. The molecule has 0 bridgehead atoms. The molecule has 10 nitrogen and oxygen atoms in total. The first-order valence-electron chi connectivity index (χ1n) is 24.3. The van der Waals surface area contributed by atoms with E-state index in [-0.39, 0.29) is 87.9 Å². The predicted octanol–water partition coefficient (Wildman–Crippen LogP) is 9.47. The Bertz CT molecular complexity index is 2050. The zero-order chi connectivity index (χ0) is 45.7. The van der Waals surface area contributed by atoms with Gasteiger partial charge in [0.25, 0.3) is 6.47 Å². The maximum atomic E-state index is 14.6. The third-order valence-corrected chi connectivity index (χ3v) is 19.4. The second-order valence-corrected chi connectivity index (χ2v) is 24.0. The summed E-state index contributed by atoms with van der Waals surface area (Å²) in [7, 11) is 0. The van der Waals surface area contributed by atoms with E-state index >= 15 is 0 Å². The molecule has 0 aromatic heterocycles. The molecule has 6 aliphatic carbocycles.